The number of amides is 2. The number of carbonyl (C=O) groups is 2. The Bertz CT molecular complexity index is 493. The molecular formula is C15H21N3O3. The average molecular weight is 291 g/mol. The van der Waals surface area contributed by atoms with Crippen LogP contribution < -0.4 is 15.8 Å². The minimum atomic E-state index is -0.310. The first kappa shape index (κ1) is 15.3. The highest BCUT2D eigenvalue weighted by Gasteiger charge is 2.21. The number of methoxy groups -OCH3 is 1. The minimum Gasteiger partial charge on any atom is -0.497 e. The number of hydrogen-bond acceptors (Lipinski definition) is 4. The van der Waals surface area contributed by atoms with E-state index in [0.29, 0.717) is 12.1 Å². The zero-order valence-electron chi connectivity index (χ0n) is 12.2. The molecule has 1 aromatic rings. The van der Waals surface area contributed by atoms with Crippen LogP contribution in [0.15, 0.2) is 24.3 Å². The Labute approximate surface area is 124 Å². The molecule has 0 unspecified atom stereocenters. The summed E-state index contributed by atoms with van der Waals surface area (Å²) in [7, 11) is 1.59. The molecule has 1 saturated heterocycles. The fraction of sp³-hybridized carbons (Fsp3) is 0.467. The van der Waals surface area contributed by atoms with Gasteiger partial charge in [-0.05, 0) is 37.1 Å². The van der Waals surface area contributed by atoms with Gasteiger partial charge in [-0.15, -0.1) is 0 Å². The van der Waals surface area contributed by atoms with Crippen molar-refractivity contribution in [1.29, 1.82) is 0 Å². The van der Waals surface area contributed by atoms with Crippen molar-refractivity contribution in [3.63, 3.8) is 0 Å². The van der Waals surface area contributed by atoms with E-state index in [1.807, 2.05) is 4.90 Å². The summed E-state index contributed by atoms with van der Waals surface area (Å²) in [6.07, 6.45) is 1.66. The molecule has 0 atom stereocenters. The number of likely N-dealkylation sites (tertiary alicyclic amines) is 1. The molecule has 1 aliphatic rings. The first-order valence-electron chi connectivity index (χ1n) is 7.04. The molecule has 6 nitrogen and oxygen atoms in total. The first-order valence-corrected chi connectivity index (χ1v) is 7.04. The van der Waals surface area contributed by atoms with E-state index in [1.54, 1.807) is 31.4 Å². The van der Waals surface area contributed by atoms with Gasteiger partial charge in [0.15, 0.2) is 0 Å². The Morgan fingerprint density at radius 3 is 2.43 bits per heavy atom. The summed E-state index contributed by atoms with van der Waals surface area (Å²) in [5, 5.41) is 3.02. The molecule has 6 heteroatoms. The predicted octanol–water partition coefficient (Wildman–Crippen LogP) is 0.375. The van der Waals surface area contributed by atoms with E-state index < -0.39 is 0 Å². The smallest absolute Gasteiger partial charge is 0.251 e. The van der Waals surface area contributed by atoms with Crippen LogP contribution in [0, 0.1) is 0 Å². The van der Waals surface area contributed by atoms with Gasteiger partial charge in [0.25, 0.3) is 5.91 Å². The molecule has 2 amide bonds. The quantitative estimate of drug-likeness (QED) is 0.821. The SMILES string of the molecule is COc1ccc(C(=O)NC2CCN(CC(N)=O)CC2)cc1. The van der Waals surface area contributed by atoms with Gasteiger partial charge in [0.2, 0.25) is 5.91 Å². The van der Waals surface area contributed by atoms with Gasteiger partial charge in [0, 0.05) is 24.7 Å². The van der Waals surface area contributed by atoms with Crippen molar-refractivity contribution < 1.29 is 14.3 Å². The van der Waals surface area contributed by atoms with E-state index in [0.717, 1.165) is 31.7 Å². The van der Waals surface area contributed by atoms with E-state index in [9.17, 15) is 9.59 Å². The lowest BCUT2D eigenvalue weighted by molar-refractivity contribution is -0.119. The maximum Gasteiger partial charge on any atom is 0.251 e. The van der Waals surface area contributed by atoms with E-state index in [1.165, 1.54) is 0 Å². The number of nitrogens with two attached hydrogens (primary N) is 1. The van der Waals surface area contributed by atoms with Gasteiger partial charge in [-0.3, -0.25) is 14.5 Å². The number of carbonyl (C=O) groups excluding carboxylic acids is 2. The second-order valence-corrected chi connectivity index (χ2v) is 5.22. The Balaban J connectivity index is 1.82. The highest BCUT2D eigenvalue weighted by Crippen LogP contribution is 2.13. The second-order valence-electron chi connectivity index (χ2n) is 5.22. The normalized spacial score (nSPS) is 16.4. The number of primary amides is 1. The van der Waals surface area contributed by atoms with Crippen LogP contribution in [0.2, 0.25) is 0 Å². The molecule has 1 aromatic carbocycles. The minimum absolute atomic E-state index is 0.0778. The van der Waals surface area contributed by atoms with Crippen molar-refractivity contribution in [2.75, 3.05) is 26.7 Å². The number of rotatable bonds is 5. The second kappa shape index (κ2) is 7.08. The highest BCUT2D eigenvalue weighted by atomic mass is 16.5. The van der Waals surface area contributed by atoms with Crippen molar-refractivity contribution in [3.05, 3.63) is 29.8 Å². The first-order chi connectivity index (χ1) is 10.1. The number of ether oxygens (including phenoxy) is 1. The Kier molecular flexibility index (Phi) is 5.16. The van der Waals surface area contributed by atoms with Crippen LogP contribution in [-0.2, 0) is 4.79 Å². The number of nitrogens with zero attached hydrogens (tertiary/aromatic N) is 1. The van der Waals surface area contributed by atoms with E-state index >= 15 is 0 Å². The lowest BCUT2D eigenvalue weighted by atomic mass is 10.0. The van der Waals surface area contributed by atoms with Crippen LogP contribution in [-0.4, -0.2) is 49.5 Å². The fourth-order valence-electron chi connectivity index (χ4n) is 2.47. The third kappa shape index (κ3) is 4.46. The van der Waals surface area contributed by atoms with E-state index in [-0.39, 0.29) is 17.9 Å². The highest BCUT2D eigenvalue weighted by molar-refractivity contribution is 5.94. The van der Waals surface area contributed by atoms with Crippen LogP contribution in [0.5, 0.6) is 5.75 Å². The lowest BCUT2D eigenvalue weighted by Gasteiger charge is -2.31. The van der Waals surface area contributed by atoms with Gasteiger partial charge in [-0.25, -0.2) is 0 Å². The summed E-state index contributed by atoms with van der Waals surface area (Å²) in [4.78, 5) is 25.0. The van der Waals surface area contributed by atoms with Crippen molar-refractivity contribution in [3.8, 4) is 5.75 Å². The largest absolute Gasteiger partial charge is 0.497 e. The molecule has 21 heavy (non-hydrogen) atoms. The van der Waals surface area contributed by atoms with Crippen molar-refractivity contribution in [2.24, 2.45) is 5.73 Å². The molecule has 0 aliphatic carbocycles. The summed E-state index contributed by atoms with van der Waals surface area (Å²) in [5.74, 6) is 0.341. The van der Waals surface area contributed by atoms with Gasteiger partial charge >= 0.3 is 0 Å². The van der Waals surface area contributed by atoms with Gasteiger partial charge in [-0.1, -0.05) is 0 Å². The molecule has 0 saturated carbocycles. The summed E-state index contributed by atoms with van der Waals surface area (Å²) in [6.45, 7) is 1.84. The van der Waals surface area contributed by atoms with E-state index in [2.05, 4.69) is 5.32 Å². The predicted molar refractivity (Wildman–Crippen MR) is 79.1 cm³/mol. The fourth-order valence-corrected chi connectivity index (χ4v) is 2.47. The maximum absolute atomic E-state index is 12.1. The molecule has 1 heterocycles. The Morgan fingerprint density at radius 1 is 1.29 bits per heavy atom. The van der Waals surface area contributed by atoms with Crippen LogP contribution in [0.1, 0.15) is 23.2 Å². The molecule has 0 aromatic heterocycles. The molecule has 1 fully saturated rings. The van der Waals surface area contributed by atoms with Gasteiger partial charge < -0.3 is 15.8 Å². The van der Waals surface area contributed by atoms with Crippen LogP contribution in [0.25, 0.3) is 0 Å². The molecule has 0 radical (unpaired) electrons. The standard InChI is InChI=1S/C15H21N3O3/c1-21-13-4-2-11(3-5-13)15(20)17-12-6-8-18(9-7-12)10-14(16)19/h2-5,12H,6-10H2,1H3,(H2,16,19)(H,17,20). The van der Waals surface area contributed by atoms with E-state index in [4.69, 9.17) is 10.5 Å². The topological polar surface area (TPSA) is 84.7 Å². The zero-order valence-corrected chi connectivity index (χ0v) is 12.2. The average Bonchev–Trinajstić information content (AvgIpc) is 2.49. The maximum atomic E-state index is 12.1. The van der Waals surface area contributed by atoms with Crippen molar-refractivity contribution >= 4 is 11.8 Å². The Morgan fingerprint density at radius 2 is 1.90 bits per heavy atom. The van der Waals surface area contributed by atoms with Crippen molar-refractivity contribution in [1.82, 2.24) is 10.2 Å². The summed E-state index contributed by atoms with van der Waals surface area (Å²) in [5.41, 5.74) is 5.80. The molecular weight excluding hydrogens is 270 g/mol. The third-order valence-corrected chi connectivity index (χ3v) is 3.65. The Hall–Kier alpha value is -2.08. The van der Waals surface area contributed by atoms with Gasteiger partial charge in [-0.2, -0.15) is 0 Å². The van der Waals surface area contributed by atoms with Gasteiger partial charge in [0.05, 0.1) is 13.7 Å². The van der Waals surface area contributed by atoms with Crippen LogP contribution >= 0.6 is 0 Å². The van der Waals surface area contributed by atoms with Crippen molar-refractivity contribution in [2.45, 2.75) is 18.9 Å². The molecule has 0 bridgehead atoms. The van der Waals surface area contributed by atoms with Gasteiger partial charge in [0.1, 0.15) is 5.75 Å². The molecule has 2 rings (SSSR count). The lowest BCUT2D eigenvalue weighted by Crippen LogP contribution is -2.46. The van der Waals surface area contributed by atoms with Crippen LogP contribution in [0.3, 0.4) is 0 Å². The number of hydrogen-bond donors (Lipinski definition) is 2. The molecule has 114 valence electrons. The molecule has 1 aliphatic heterocycles. The van der Waals surface area contributed by atoms with Crippen LogP contribution in [0.4, 0.5) is 0 Å². The third-order valence-electron chi connectivity index (χ3n) is 3.65. The summed E-state index contributed by atoms with van der Waals surface area (Å²) >= 11 is 0. The number of nitrogens with one attached hydrogen (secondary N) is 1. The zero-order chi connectivity index (χ0) is 15.2. The number of piperidine rings is 1. The molecule has 3 N–H and O–H groups in total. The number of benzene rings is 1. The summed E-state index contributed by atoms with van der Waals surface area (Å²) < 4.78 is 5.07. The summed E-state index contributed by atoms with van der Waals surface area (Å²) in [6, 6.07) is 7.17. The molecule has 0 spiro atoms. The monoisotopic (exact) mass is 291 g/mol.